The van der Waals surface area contributed by atoms with Crippen LogP contribution in [0.3, 0.4) is 0 Å². The Labute approximate surface area is 171 Å². The van der Waals surface area contributed by atoms with Gasteiger partial charge in [0.15, 0.2) is 11.9 Å². The molecule has 0 aromatic heterocycles. The molecule has 6 rings (SSSR count). The molecule has 4 bridgehead atoms. The molecule has 29 heavy (non-hydrogen) atoms. The fraction of sp³-hybridized carbons (Fsp3) is 0.625. The Hall–Kier alpha value is -2.17. The summed E-state index contributed by atoms with van der Waals surface area (Å²) in [5.41, 5.74) is 0.973. The van der Waals surface area contributed by atoms with Crippen LogP contribution in [-0.2, 0) is 14.3 Å². The fourth-order valence-corrected chi connectivity index (χ4v) is 6.82. The van der Waals surface area contributed by atoms with Gasteiger partial charge in [-0.25, -0.2) is 4.79 Å². The first-order chi connectivity index (χ1) is 13.9. The molecular weight excluding hydrogens is 366 g/mol. The summed E-state index contributed by atoms with van der Waals surface area (Å²) in [6.07, 6.45) is 7.54. The molecule has 5 aliphatic rings. The van der Waals surface area contributed by atoms with Crippen LogP contribution in [0.15, 0.2) is 24.3 Å². The van der Waals surface area contributed by atoms with Crippen molar-refractivity contribution in [2.75, 3.05) is 11.4 Å². The Bertz CT molecular complexity index is 808. The summed E-state index contributed by atoms with van der Waals surface area (Å²) < 4.78 is 5.61. The second-order valence-corrected chi connectivity index (χ2v) is 9.81. The van der Waals surface area contributed by atoms with Crippen LogP contribution in [0.5, 0.6) is 0 Å². The molecule has 4 saturated carbocycles. The normalized spacial score (nSPS) is 33.8. The number of carbonyl (C=O) groups is 3. The van der Waals surface area contributed by atoms with Gasteiger partial charge in [-0.1, -0.05) is 0 Å². The van der Waals surface area contributed by atoms with Crippen molar-refractivity contribution in [3.05, 3.63) is 29.8 Å². The van der Waals surface area contributed by atoms with Gasteiger partial charge in [-0.3, -0.25) is 9.59 Å². The molecule has 5 heteroatoms. The van der Waals surface area contributed by atoms with Gasteiger partial charge in [0.05, 0.1) is 5.56 Å². The third-order valence-electron chi connectivity index (χ3n) is 7.70. The number of esters is 1. The molecule has 1 amide bonds. The Balaban J connectivity index is 1.25. The Kier molecular flexibility index (Phi) is 4.52. The van der Waals surface area contributed by atoms with Crippen molar-refractivity contribution in [3.8, 4) is 0 Å². The highest BCUT2D eigenvalue weighted by Crippen LogP contribution is 2.60. The van der Waals surface area contributed by atoms with Crippen molar-refractivity contribution >= 4 is 23.3 Å². The van der Waals surface area contributed by atoms with Crippen molar-refractivity contribution in [2.24, 2.45) is 23.2 Å². The zero-order chi connectivity index (χ0) is 20.2. The van der Waals surface area contributed by atoms with Crippen LogP contribution in [0.1, 0.15) is 68.6 Å². The second-order valence-electron chi connectivity index (χ2n) is 9.81. The van der Waals surface area contributed by atoms with Gasteiger partial charge >= 0.3 is 5.97 Å². The van der Waals surface area contributed by atoms with Crippen molar-refractivity contribution in [1.29, 1.82) is 0 Å². The van der Waals surface area contributed by atoms with Crippen LogP contribution in [0.2, 0.25) is 0 Å². The van der Waals surface area contributed by atoms with Gasteiger partial charge in [0.25, 0.3) is 0 Å². The van der Waals surface area contributed by atoms with Crippen LogP contribution >= 0.6 is 0 Å². The van der Waals surface area contributed by atoms with E-state index in [0.717, 1.165) is 37.9 Å². The molecule has 1 aliphatic heterocycles. The number of ketones is 1. The summed E-state index contributed by atoms with van der Waals surface area (Å²) in [5, 5.41) is 0. The largest absolute Gasteiger partial charge is 0.451 e. The van der Waals surface area contributed by atoms with Crippen LogP contribution < -0.4 is 4.90 Å². The molecule has 0 N–H and O–H groups in total. The number of ether oxygens (including phenoxy) is 1. The van der Waals surface area contributed by atoms with Crippen molar-refractivity contribution < 1.29 is 19.1 Å². The lowest BCUT2D eigenvalue weighted by atomic mass is 9.48. The van der Waals surface area contributed by atoms with E-state index in [-0.39, 0.29) is 17.1 Å². The lowest BCUT2D eigenvalue weighted by Gasteiger charge is -2.56. The first kappa shape index (κ1) is 18.8. The van der Waals surface area contributed by atoms with Crippen molar-refractivity contribution in [2.45, 2.75) is 64.4 Å². The lowest BCUT2D eigenvalue weighted by molar-refractivity contribution is -0.152. The van der Waals surface area contributed by atoms with Crippen LogP contribution in [0.4, 0.5) is 5.69 Å². The van der Waals surface area contributed by atoms with Gasteiger partial charge < -0.3 is 9.64 Å². The topological polar surface area (TPSA) is 63.7 Å². The number of benzene rings is 1. The number of anilines is 1. The molecule has 1 unspecified atom stereocenters. The minimum absolute atomic E-state index is 0.120. The maximum Gasteiger partial charge on any atom is 0.338 e. The van der Waals surface area contributed by atoms with Crippen LogP contribution in [-0.4, -0.2) is 30.3 Å². The zero-order valence-corrected chi connectivity index (χ0v) is 17.1. The van der Waals surface area contributed by atoms with Gasteiger partial charge in [-0.15, -0.1) is 0 Å². The smallest absolute Gasteiger partial charge is 0.338 e. The molecule has 1 saturated heterocycles. The van der Waals surface area contributed by atoms with Gasteiger partial charge in [0, 0.05) is 24.1 Å². The molecular formula is C24H29NO4. The number of nitrogens with zero attached hydrogens (tertiary/aromatic N) is 1. The third kappa shape index (κ3) is 3.28. The zero-order valence-electron chi connectivity index (χ0n) is 17.1. The molecule has 1 heterocycles. The minimum Gasteiger partial charge on any atom is -0.451 e. The molecule has 0 spiro atoms. The van der Waals surface area contributed by atoms with Gasteiger partial charge in [-0.2, -0.15) is 0 Å². The van der Waals surface area contributed by atoms with E-state index in [9.17, 15) is 14.4 Å². The first-order valence-corrected chi connectivity index (χ1v) is 11.1. The Morgan fingerprint density at radius 2 is 1.62 bits per heavy atom. The van der Waals surface area contributed by atoms with E-state index in [1.54, 1.807) is 36.1 Å². The van der Waals surface area contributed by atoms with Crippen molar-refractivity contribution in [1.82, 2.24) is 0 Å². The number of Topliss-reactive ketones (excluding diaryl/α,β-unsaturated/α-hetero) is 1. The van der Waals surface area contributed by atoms with Crippen molar-refractivity contribution in [3.63, 3.8) is 0 Å². The number of amides is 1. The van der Waals surface area contributed by atoms with E-state index in [2.05, 4.69) is 0 Å². The standard InChI is InChI=1S/C24H29NO4/c1-15(22(27)24-12-16-9-17(13-24)11-18(10-16)14-24)29-23(28)19-4-6-20(7-5-19)25-8-2-3-21(25)26/h4-7,15-18H,2-3,8-14H2,1H3. The number of carbonyl (C=O) groups excluding carboxylic acids is 3. The highest BCUT2D eigenvalue weighted by Gasteiger charge is 2.55. The number of hydrogen-bond donors (Lipinski definition) is 0. The third-order valence-corrected chi connectivity index (χ3v) is 7.70. The average molecular weight is 395 g/mol. The predicted molar refractivity (Wildman–Crippen MR) is 109 cm³/mol. The second kappa shape index (κ2) is 6.96. The monoisotopic (exact) mass is 395 g/mol. The van der Waals surface area contributed by atoms with E-state index in [4.69, 9.17) is 4.74 Å². The summed E-state index contributed by atoms with van der Waals surface area (Å²) in [4.78, 5) is 39.6. The molecule has 5 fully saturated rings. The van der Waals surface area contributed by atoms with E-state index in [1.807, 2.05) is 0 Å². The Morgan fingerprint density at radius 3 is 2.14 bits per heavy atom. The molecule has 1 aromatic carbocycles. The van der Waals surface area contributed by atoms with Gasteiger partial charge in [0.2, 0.25) is 5.91 Å². The van der Waals surface area contributed by atoms with Gasteiger partial charge in [0.1, 0.15) is 0 Å². The minimum atomic E-state index is -0.710. The van der Waals surface area contributed by atoms with Crippen LogP contribution in [0, 0.1) is 23.2 Å². The molecule has 1 atom stereocenters. The summed E-state index contributed by atoms with van der Waals surface area (Å²) in [6, 6.07) is 6.94. The van der Waals surface area contributed by atoms with Gasteiger partial charge in [-0.05, 0) is 93.9 Å². The highest BCUT2D eigenvalue weighted by atomic mass is 16.5. The van der Waals surface area contributed by atoms with E-state index in [0.29, 0.717) is 29.7 Å². The quantitative estimate of drug-likeness (QED) is 0.703. The maximum absolute atomic E-state index is 13.3. The predicted octanol–water partition coefficient (Wildman–Crippen LogP) is 4.14. The summed E-state index contributed by atoms with van der Waals surface area (Å²) >= 11 is 0. The molecule has 4 aliphatic carbocycles. The van der Waals surface area contributed by atoms with E-state index in [1.165, 1.54) is 19.3 Å². The highest BCUT2D eigenvalue weighted by molar-refractivity contribution is 5.97. The first-order valence-electron chi connectivity index (χ1n) is 11.1. The lowest BCUT2D eigenvalue weighted by Crippen LogP contribution is -2.52. The molecule has 1 aromatic rings. The summed E-state index contributed by atoms with van der Waals surface area (Å²) in [5.74, 6) is 1.85. The number of rotatable bonds is 5. The SMILES string of the molecule is CC(OC(=O)c1ccc(N2CCCC2=O)cc1)C(=O)C12CC3CC(CC(C3)C1)C2. The summed E-state index contributed by atoms with van der Waals surface area (Å²) in [6.45, 7) is 2.45. The molecule has 154 valence electrons. The fourth-order valence-electron chi connectivity index (χ4n) is 6.82. The molecule has 0 radical (unpaired) electrons. The molecule has 5 nitrogen and oxygen atoms in total. The van der Waals surface area contributed by atoms with Crippen LogP contribution in [0.25, 0.3) is 0 Å². The van der Waals surface area contributed by atoms with E-state index >= 15 is 0 Å². The maximum atomic E-state index is 13.3. The van der Waals surface area contributed by atoms with E-state index < -0.39 is 12.1 Å². The average Bonchev–Trinajstić information content (AvgIpc) is 3.12. The number of hydrogen-bond acceptors (Lipinski definition) is 4. The summed E-state index contributed by atoms with van der Waals surface area (Å²) in [7, 11) is 0. The Morgan fingerprint density at radius 1 is 1.03 bits per heavy atom.